The molecule has 3 rings (SSSR count). The number of fused-ring (bicyclic) bond motifs is 2. The molecule has 1 N–H and O–H groups in total. The van der Waals surface area contributed by atoms with Crippen LogP contribution in [0, 0.1) is 0 Å². The third kappa shape index (κ3) is 3.23. The second-order valence-corrected chi connectivity index (χ2v) is 6.66. The molecular weight excluding hydrogens is 278 g/mol. The topological polar surface area (TPSA) is 41.9 Å². The number of benzene rings is 1. The first-order chi connectivity index (χ1) is 10.6. The Morgan fingerprint density at radius 3 is 2.32 bits per heavy atom. The quantitative estimate of drug-likeness (QED) is 0.877. The molecule has 2 atom stereocenters. The van der Waals surface area contributed by atoms with Crippen LogP contribution >= 0.6 is 0 Å². The van der Waals surface area contributed by atoms with Crippen molar-refractivity contribution in [1.82, 2.24) is 4.90 Å². The van der Waals surface area contributed by atoms with Gasteiger partial charge in [-0.05, 0) is 51.8 Å². The number of para-hydroxylation sites is 2. The lowest BCUT2D eigenvalue weighted by Gasteiger charge is -2.42. The first-order valence-corrected chi connectivity index (χ1v) is 8.40. The number of hydrogen-bond donors (Lipinski definition) is 1. The van der Waals surface area contributed by atoms with Gasteiger partial charge in [0.05, 0.1) is 18.8 Å². The maximum absolute atomic E-state index is 10.9. The molecule has 0 aliphatic carbocycles. The molecule has 22 heavy (non-hydrogen) atoms. The van der Waals surface area contributed by atoms with E-state index in [1.165, 1.54) is 12.8 Å². The van der Waals surface area contributed by atoms with Gasteiger partial charge in [0.15, 0.2) is 11.5 Å². The number of hydrogen-bond acceptors (Lipinski definition) is 4. The zero-order valence-electron chi connectivity index (χ0n) is 13.6. The summed E-state index contributed by atoms with van der Waals surface area (Å²) in [6, 6.07) is 8.82. The maximum atomic E-state index is 10.9. The second-order valence-electron chi connectivity index (χ2n) is 6.66. The van der Waals surface area contributed by atoms with Crippen LogP contribution < -0.4 is 9.47 Å². The summed E-state index contributed by atoms with van der Waals surface area (Å²) in [5.74, 6) is 1.55. The summed E-state index contributed by atoms with van der Waals surface area (Å²) in [4.78, 5) is 2.44. The lowest BCUT2D eigenvalue weighted by molar-refractivity contribution is -0.0564. The Balaban J connectivity index is 1.55. The van der Waals surface area contributed by atoms with E-state index in [1.54, 1.807) is 0 Å². The van der Waals surface area contributed by atoms with Crippen LogP contribution in [0.3, 0.4) is 0 Å². The van der Waals surface area contributed by atoms with Crippen LogP contribution in [0.2, 0.25) is 0 Å². The molecule has 2 aliphatic rings. The summed E-state index contributed by atoms with van der Waals surface area (Å²) in [5, 5.41) is 10.9. The number of piperidine rings is 1. The van der Waals surface area contributed by atoms with Gasteiger partial charge in [0, 0.05) is 18.5 Å². The van der Waals surface area contributed by atoms with Gasteiger partial charge in [-0.3, -0.25) is 0 Å². The van der Waals surface area contributed by atoms with E-state index in [2.05, 4.69) is 11.9 Å². The van der Waals surface area contributed by atoms with Crippen molar-refractivity contribution < 1.29 is 14.6 Å². The summed E-state index contributed by atoms with van der Waals surface area (Å²) >= 11 is 0. The summed E-state index contributed by atoms with van der Waals surface area (Å²) in [5.41, 5.74) is -0.571. The van der Waals surface area contributed by atoms with Crippen LogP contribution in [0.4, 0.5) is 0 Å². The van der Waals surface area contributed by atoms with Gasteiger partial charge in [-0.2, -0.15) is 0 Å². The minimum Gasteiger partial charge on any atom is -0.490 e. The molecule has 122 valence electrons. The van der Waals surface area contributed by atoms with Gasteiger partial charge in [-0.1, -0.05) is 12.1 Å². The molecule has 2 fully saturated rings. The molecule has 4 heteroatoms. The summed E-state index contributed by atoms with van der Waals surface area (Å²) < 4.78 is 11.4. The molecule has 4 nitrogen and oxygen atoms in total. The fraction of sp³-hybridized carbons (Fsp3) is 0.667. The fourth-order valence-corrected chi connectivity index (χ4v) is 3.94. The third-order valence-electron chi connectivity index (χ3n) is 5.19. The van der Waals surface area contributed by atoms with E-state index < -0.39 is 5.60 Å². The highest BCUT2D eigenvalue weighted by atomic mass is 16.5. The normalized spacial score (nSPS) is 31.2. The van der Waals surface area contributed by atoms with E-state index in [0.717, 1.165) is 24.3 Å². The van der Waals surface area contributed by atoms with Crippen LogP contribution in [0.25, 0.3) is 0 Å². The molecule has 2 heterocycles. The molecule has 0 radical (unpaired) electrons. The largest absolute Gasteiger partial charge is 0.490 e. The van der Waals surface area contributed by atoms with Gasteiger partial charge in [-0.25, -0.2) is 0 Å². The van der Waals surface area contributed by atoms with E-state index in [1.807, 2.05) is 31.2 Å². The molecule has 0 amide bonds. The minimum atomic E-state index is -0.571. The first kappa shape index (κ1) is 15.6. The number of rotatable bonds is 6. The summed E-state index contributed by atoms with van der Waals surface area (Å²) in [7, 11) is 2.19. The first-order valence-electron chi connectivity index (χ1n) is 8.40. The molecule has 0 saturated carbocycles. The Kier molecular flexibility index (Phi) is 4.59. The van der Waals surface area contributed by atoms with E-state index in [9.17, 15) is 5.11 Å². The van der Waals surface area contributed by atoms with E-state index in [0.29, 0.717) is 31.7 Å². The van der Waals surface area contributed by atoms with Crippen LogP contribution in [-0.4, -0.2) is 48.0 Å². The Morgan fingerprint density at radius 1 is 1.14 bits per heavy atom. The predicted molar refractivity (Wildman–Crippen MR) is 86.5 cm³/mol. The van der Waals surface area contributed by atoms with E-state index >= 15 is 0 Å². The number of ether oxygens (including phenoxy) is 2. The van der Waals surface area contributed by atoms with Gasteiger partial charge in [0.1, 0.15) is 0 Å². The smallest absolute Gasteiger partial charge is 0.161 e. The molecule has 1 aromatic rings. The lowest BCUT2D eigenvalue weighted by Crippen LogP contribution is -2.49. The summed E-state index contributed by atoms with van der Waals surface area (Å²) in [6.45, 7) is 3.12. The summed E-state index contributed by atoms with van der Waals surface area (Å²) in [6.07, 6.45) is 4.87. The molecule has 1 aromatic carbocycles. The van der Waals surface area contributed by atoms with Gasteiger partial charge >= 0.3 is 0 Å². The highest BCUT2D eigenvalue weighted by Crippen LogP contribution is 2.41. The minimum absolute atomic E-state index is 0.531. The van der Waals surface area contributed by atoms with Crippen molar-refractivity contribution >= 4 is 0 Å². The average molecular weight is 305 g/mol. The standard InChI is InChI=1S/C18H27NO3/c1-3-21-16-6-4-5-7-17(16)22-11-10-18(20)12-14-8-9-15(13-18)19(14)2/h4-7,14-15,20H,3,8-13H2,1-2H3. The van der Waals surface area contributed by atoms with Crippen molar-refractivity contribution in [3.8, 4) is 11.5 Å². The Morgan fingerprint density at radius 2 is 1.73 bits per heavy atom. The highest BCUT2D eigenvalue weighted by molar-refractivity contribution is 5.39. The van der Waals surface area contributed by atoms with Gasteiger partial charge < -0.3 is 19.5 Å². The fourth-order valence-electron chi connectivity index (χ4n) is 3.94. The molecule has 2 aliphatic heterocycles. The molecule has 0 aromatic heterocycles. The van der Waals surface area contributed by atoms with Crippen LogP contribution in [-0.2, 0) is 0 Å². The maximum Gasteiger partial charge on any atom is 0.161 e. The molecular formula is C18H27NO3. The van der Waals surface area contributed by atoms with Gasteiger partial charge in [0.2, 0.25) is 0 Å². The van der Waals surface area contributed by atoms with Crippen molar-refractivity contribution in [2.45, 2.75) is 56.7 Å². The third-order valence-corrected chi connectivity index (χ3v) is 5.19. The van der Waals surface area contributed by atoms with Gasteiger partial charge in [-0.15, -0.1) is 0 Å². The lowest BCUT2D eigenvalue weighted by atomic mass is 9.84. The van der Waals surface area contributed by atoms with Crippen molar-refractivity contribution in [3.63, 3.8) is 0 Å². The van der Waals surface area contributed by atoms with Crippen molar-refractivity contribution in [2.24, 2.45) is 0 Å². The van der Waals surface area contributed by atoms with E-state index in [-0.39, 0.29) is 0 Å². The average Bonchev–Trinajstić information content (AvgIpc) is 2.72. The zero-order chi connectivity index (χ0) is 15.6. The monoisotopic (exact) mass is 305 g/mol. The molecule has 2 unspecified atom stereocenters. The van der Waals surface area contributed by atoms with Crippen LogP contribution in [0.1, 0.15) is 39.0 Å². The molecule has 2 bridgehead atoms. The SMILES string of the molecule is CCOc1ccccc1OCCC1(O)CC2CCC(C1)N2C. The zero-order valence-corrected chi connectivity index (χ0v) is 13.6. The predicted octanol–water partition coefficient (Wildman–Crippen LogP) is 2.84. The Bertz CT molecular complexity index is 491. The Hall–Kier alpha value is -1.26. The van der Waals surface area contributed by atoms with Crippen molar-refractivity contribution in [3.05, 3.63) is 24.3 Å². The van der Waals surface area contributed by atoms with Crippen LogP contribution in [0.5, 0.6) is 11.5 Å². The van der Waals surface area contributed by atoms with Crippen molar-refractivity contribution in [2.75, 3.05) is 20.3 Å². The number of nitrogens with zero attached hydrogens (tertiary/aromatic N) is 1. The highest BCUT2D eigenvalue weighted by Gasteiger charge is 2.45. The van der Waals surface area contributed by atoms with Gasteiger partial charge in [0.25, 0.3) is 0 Å². The number of aliphatic hydroxyl groups is 1. The molecule has 2 saturated heterocycles. The van der Waals surface area contributed by atoms with E-state index in [4.69, 9.17) is 9.47 Å². The Labute approximate surface area is 133 Å². The van der Waals surface area contributed by atoms with Crippen molar-refractivity contribution in [1.29, 1.82) is 0 Å². The second kappa shape index (κ2) is 6.47. The van der Waals surface area contributed by atoms with Crippen LogP contribution in [0.15, 0.2) is 24.3 Å². The molecule has 0 spiro atoms.